The fourth-order valence-corrected chi connectivity index (χ4v) is 3.47. The molecule has 0 spiro atoms. The minimum atomic E-state index is -3.18. The molecule has 0 unspecified atom stereocenters. The van der Waals surface area contributed by atoms with E-state index in [0.717, 1.165) is 12.8 Å². The van der Waals surface area contributed by atoms with Crippen LogP contribution in [0.5, 0.6) is 0 Å². The summed E-state index contributed by atoms with van der Waals surface area (Å²) in [5, 5.41) is 2.93. The maximum Gasteiger partial charge on any atom is 0.270 e. The maximum atomic E-state index is 12.1. The van der Waals surface area contributed by atoms with E-state index in [1.807, 2.05) is 0 Å². The van der Waals surface area contributed by atoms with Crippen molar-refractivity contribution in [3.05, 3.63) is 23.2 Å². The van der Waals surface area contributed by atoms with E-state index < -0.39 is 10.0 Å². The minimum absolute atomic E-state index is 0.0172. The third-order valence-corrected chi connectivity index (χ3v) is 5.28. The number of amides is 1. The lowest BCUT2D eigenvalue weighted by Crippen LogP contribution is -2.44. The van der Waals surface area contributed by atoms with Crippen LogP contribution >= 0.6 is 11.6 Å². The van der Waals surface area contributed by atoms with Crippen molar-refractivity contribution in [2.75, 3.05) is 5.75 Å². The van der Waals surface area contributed by atoms with E-state index >= 15 is 0 Å². The van der Waals surface area contributed by atoms with Gasteiger partial charge in [-0.15, -0.1) is 0 Å². The van der Waals surface area contributed by atoms with Gasteiger partial charge >= 0.3 is 0 Å². The molecule has 0 atom stereocenters. The van der Waals surface area contributed by atoms with Gasteiger partial charge in [0.25, 0.3) is 5.91 Å². The van der Waals surface area contributed by atoms with Crippen LogP contribution in [-0.4, -0.2) is 42.1 Å². The van der Waals surface area contributed by atoms with Gasteiger partial charge in [0.1, 0.15) is 5.69 Å². The lowest BCUT2D eigenvalue weighted by Gasteiger charge is -2.29. The number of halogens is 1. The molecule has 1 amide bonds. The fourth-order valence-electron chi connectivity index (χ4n) is 2.41. The molecule has 2 N–H and O–H groups in total. The third-order valence-electron chi connectivity index (χ3n) is 3.65. The molecule has 1 aromatic heterocycles. The van der Waals surface area contributed by atoms with Gasteiger partial charge in [0, 0.05) is 18.3 Å². The van der Waals surface area contributed by atoms with Crippen LogP contribution in [0.3, 0.4) is 0 Å². The molecule has 1 fully saturated rings. The normalized spacial score (nSPS) is 22.3. The predicted molar refractivity (Wildman–Crippen MR) is 83.1 cm³/mol. The summed E-state index contributed by atoms with van der Waals surface area (Å²) < 4.78 is 25.8. The van der Waals surface area contributed by atoms with Crippen LogP contribution in [0.15, 0.2) is 12.3 Å². The van der Waals surface area contributed by atoms with E-state index in [1.165, 1.54) is 12.3 Å². The van der Waals surface area contributed by atoms with E-state index in [9.17, 15) is 13.2 Å². The summed E-state index contributed by atoms with van der Waals surface area (Å²) in [6, 6.07) is 1.47. The molecule has 122 valence electrons. The molecule has 1 saturated carbocycles. The van der Waals surface area contributed by atoms with Gasteiger partial charge in [-0.05, 0) is 50.3 Å². The first-order chi connectivity index (χ1) is 10.4. The molecule has 2 rings (SSSR count). The van der Waals surface area contributed by atoms with Crippen molar-refractivity contribution in [2.45, 2.75) is 44.7 Å². The van der Waals surface area contributed by atoms with Gasteiger partial charge in [0.05, 0.1) is 5.75 Å². The zero-order chi connectivity index (χ0) is 16.2. The number of carbonyl (C=O) groups is 1. The Morgan fingerprint density at radius 2 is 1.95 bits per heavy atom. The smallest absolute Gasteiger partial charge is 0.270 e. The van der Waals surface area contributed by atoms with Crippen LogP contribution in [0, 0.1) is 0 Å². The van der Waals surface area contributed by atoms with Gasteiger partial charge in [0.15, 0.2) is 0 Å². The van der Waals surface area contributed by atoms with Gasteiger partial charge in [-0.25, -0.2) is 23.1 Å². The molecular weight excluding hydrogens is 328 g/mol. The van der Waals surface area contributed by atoms with Gasteiger partial charge < -0.3 is 5.32 Å². The highest BCUT2D eigenvalue weighted by Gasteiger charge is 2.25. The quantitative estimate of drug-likeness (QED) is 0.778. The van der Waals surface area contributed by atoms with Gasteiger partial charge in [-0.1, -0.05) is 0 Å². The number of rotatable bonds is 5. The maximum absolute atomic E-state index is 12.1. The molecule has 1 aromatic rings. The highest BCUT2D eigenvalue weighted by molar-refractivity contribution is 7.89. The molecule has 1 aliphatic carbocycles. The highest BCUT2D eigenvalue weighted by atomic mass is 35.5. The van der Waals surface area contributed by atoms with Crippen molar-refractivity contribution in [3.8, 4) is 0 Å². The van der Waals surface area contributed by atoms with E-state index in [1.54, 1.807) is 6.92 Å². The Balaban J connectivity index is 1.84. The summed E-state index contributed by atoms with van der Waals surface area (Å²) in [5.74, 6) is -0.208. The number of carbonyl (C=O) groups excluding carboxylic acids is 1. The topological polar surface area (TPSA) is 101 Å². The fraction of sp³-hybridized carbons (Fsp3) is 0.615. The molecule has 0 aromatic carbocycles. The first kappa shape index (κ1) is 17.1. The molecule has 0 aliphatic heterocycles. The van der Waals surface area contributed by atoms with Gasteiger partial charge in [-0.3, -0.25) is 4.79 Å². The Labute approximate surface area is 134 Å². The Morgan fingerprint density at radius 3 is 2.55 bits per heavy atom. The lowest BCUT2D eigenvalue weighted by molar-refractivity contribution is 0.0920. The van der Waals surface area contributed by atoms with Gasteiger partial charge in [0.2, 0.25) is 15.3 Å². The first-order valence-corrected chi connectivity index (χ1v) is 9.22. The van der Waals surface area contributed by atoms with Crippen LogP contribution < -0.4 is 10.0 Å². The Morgan fingerprint density at radius 1 is 1.32 bits per heavy atom. The monoisotopic (exact) mass is 346 g/mol. The molecule has 9 heteroatoms. The number of hydrogen-bond donors (Lipinski definition) is 2. The van der Waals surface area contributed by atoms with Crippen LogP contribution in [0.1, 0.15) is 43.1 Å². The molecule has 0 bridgehead atoms. The average molecular weight is 347 g/mol. The number of aromatic nitrogens is 2. The Hall–Kier alpha value is -1.25. The first-order valence-electron chi connectivity index (χ1n) is 7.19. The number of hydrogen-bond acceptors (Lipinski definition) is 5. The predicted octanol–water partition coefficient (Wildman–Crippen LogP) is 1.11. The van der Waals surface area contributed by atoms with E-state index in [0.29, 0.717) is 12.8 Å². The Kier molecular flexibility index (Phi) is 5.71. The molecule has 1 aliphatic rings. The van der Waals surface area contributed by atoms with E-state index in [2.05, 4.69) is 20.0 Å². The summed E-state index contributed by atoms with van der Waals surface area (Å²) in [7, 11) is -3.18. The van der Waals surface area contributed by atoms with Crippen molar-refractivity contribution in [1.29, 1.82) is 0 Å². The Bertz CT molecular complexity index is 630. The summed E-state index contributed by atoms with van der Waals surface area (Å²) in [4.78, 5) is 19.6. The summed E-state index contributed by atoms with van der Waals surface area (Å²) >= 11 is 5.66. The second-order valence-electron chi connectivity index (χ2n) is 5.25. The third kappa shape index (κ3) is 4.89. The molecule has 22 heavy (non-hydrogen) atoms. The van der Waals surface area contributed by atoms with E-state index in [4.69, 9.17) is 11.6 Å². The van der Waals surface area contributed by atoms with Crippen molar-refractivity contribution < 1.29 is 13.2 Å². The van der Waals surface area contributed by atoms with Crippen molar-refractivity contribution >= 4 is 27.5 Å². The van der Waals surface area contributed by atoms with E-state index in [-0.39, 0.29) is 34.7 Å². The van der Waals surface area contributed by atoms with Crippen LogP contribution in [0.4, 0.5) is 0 Å². The number of nitrogens with zero attached hydrogens (tertiary/aromatic N) is 2. The highest BCUT2D eigenvalue weighted by Crippen LogP contribution is 2.19. The van der Waals surface area contributed by atoms with Crippen molar-refractivity contribution in [1.82, 2.24) is 20.0 Å². The lowest BCUT2D eigenvalue weighted by atomic mass is 9.92. The summed E-state index contributed by atoms with van der Waals surface area (Å²) in [6.45, 7) is 1.61. The van der Waals surface area contributed by atoms with Crippen LogP contribution in [-0.2, 0) is 10.0 Å². The minimum Gasteiger partial charge on any atom is -0.348 e. The summed E-state index contributed by atoms with van der Waals surface area (Å²) in [6.07, 6.45) is 4.28. The van der Waals surface area contributed by atoms with Crippen LogP contribution in [0.2, 0.25) is 5.28 Å². The molecule has 0 saturated heterocycles. The standard InChI is InChI=1S/C13H19ClN4O3S/c1-2-22(20,21)18-10-5-3-9(4-6-10)16-12(19)11-7-8-15-13(14)17-11/h7-10,18H,2-6H2,1H3,(H,16,19). The van der Waals surface area contributed by atoms with Crippen LogP contribution in [0.25, 0.3) is 0 Å². The SMILES string of the molecule is CCS(=O)(=O)NC1CCC(NC(=O)c2ccnc(Cl)n2)CC1. The zero-order valence-electron chi connectivity index (χ0n) is 12.3. The molecule has 0 radical (unpaired) electrons. The molecule has 7 nitrogen and oxygen atoms in total. The van der Waals surface area contributed by atoms with Crippen molar-refractivity contribution in [3.63, 3.8) is 0 Å². The molecular formula is C13H19ClN4O3S. The largest absolute Gasteiger partial charge is 0.348 e. The molecule has 1 heterocycles. The number of sulfonamides is 1. The average Bonchev–Trinajstić information content (AvgIpc) is 2.49. The van der Waals surface area contributed by atoms with Gasteiger partial charge in [-0.2, -0.15) is 0 Å². The second kappa shape index (κ2) is 7.34. The zero-order valence-corrected chi connectivity index (χ0v) is 13.8. The van der Waals surface area contributed by atoms with Crippen molar-refractivity contribution in [2.24, 2.45) is 0 Å². The second-order valence-corrected chi connectivity index (χ2v) is 7.63. The summed E-state index contributed by atoms with van der Waals surface area (Å²) in [5.41, 5.74) is 0.230. The number of nitrogens with one attached hydrogen (secondary N) is 2.